The van der Waals surface area contributed by atoms with E-state index < -0.39 is 0 Å². The van der Waals surface area contributed by atoms with Gasteiger partial charge in [0, 0.05) is 17.6 Å². The van der Waals surface area contributed by atoms with E-state index in [1.54, 1.807) is 0 Å². The van der Waals surface area contributed by atoms with Gasteiger partial charge < -0.3 is 10.6 Å². The summed E-state index contributed by atoms with van der Waals surface area (Å²) in [5.74, 6) is 0. The molecule has 0 aliphatic heterocycles. The molecule has 0 bridgehead atoms. The van der Waals surface area contributed by atoms with E-state index in [-0.39, 0.29) is 11.4 Å². The third-order valence-corrected chi connectivity index (χ3v) is 5.05. The molecule has 120 valence electrons. The molecule has 0 saturated heterocycles. The predicted molar refractivity (Wildman–Crippen MR) is 94.9 cm³/mol. The van der Waals surface area contributed by atoms with Gasteiger partial charge in [-0.15, -0.1) is 0 Å². The Morgan fingerprint density at radius 2 is 1.78 bits per heavy atom. The first kappa shape index (κ1) is 15.6. The molecule has 1 aliphatic carbocycles. The second-order valence-corrected chi connectivity index (χ2v) is 6.61. The fourth-order valence-electron chi connectivity index (χ4n) is 3.21. The Labute approximate surface area is 138 Å². The fourth-order valence-corrected chi connectivity index (χ4v) is 3.21. The maximum atomic E-state index is 12.2. The highest BCUT2D eigenvalue weighted by Gasteiger charge is 2.38. The summed E-state index contributed by atoms with van der Waals surface area (Å²) < 4.78 is 0. The van der Waals surface area contributed by atoms with E-state index in [9.17, 15) is 4.79 Å². The summed E-state index contributed by atoms with van der Waals surface area (Å²) in [5.41, 5.74) is 4.70. The normalized spacial score (nSPS) is 15.6. The lowest BCUT2D eigenvalue weighted by Gasteiger charge is -2.42. The van der Waals surface area contributed by atoms with Crippen LogP contribution in [-0.4, -0.2) is 12.6 Å². The van der Waals surface area contributed by atoms with E-state index in [1.165, 1.54) is 23.1 Å². The quantitative estimate of drug-likeness (QED) is 0.855. The molecule has 2 amide bonds. The lowest BCUT2D eigenvalue weighted by molar-refractivity contribution is 0.222. The number of anilines is 1. The Bertz CT molecular complexity index is 690. The van der Waals surface area contributed by atoms with Crippen molar-refractivity contribution in [3.63, 3.8) is 0 Å². The van der Waals surface area contributed by atoms with Gasteiger partial charge in [0.2, 0.25) is 0 Å². The second kappa shape index (κ2) is 6.45. The van der Waals surface area contributed by atoms with Crippen LogP contribution < -0.4 is 10.6 Å². The van der Waals surface area contributed by atoms with Crippen molar-refractivity contribution in [3.05, 3.63) is 65.2 Å². The van der Waals surface area contributed by atoms with Gasteiger partial charge in [-0.2, -0.15) is 0 Å². The Kier molecular flexibility index (Phi) is 4.37. The third-order valence-electron chi connectivity index (χ3n) is 5.05. The molecule has 0 radical (unpaired) electrons. The van der Waals surface area contributed by atoms with Gasteiger partial charge >= 0.3 is 6.03 Å². The number of amides is 2. The molecular formula is C20H24N2O. The molecule has 1 fully saturated rings. The lowest BCUT2D eigenvalue weighted by Crippen LogP contribution is -2.46. The minimum absolute atomic E-state index is 0.113. The topological polar surface area (TPSA) is 41.1 Å². The average Bonchev–Trinajstić information content (AvgIpc) is 2.51. The van der Waals surface area contributed by atoms with Crippen LogP contribution >= 0.6 is 0 Å². The van der Waals surface area contributed by atoms with Crippen LogP contribution in [0.3, 0.4) is 0 Å². The molecule has 3 nitrogen and oxygen atoms in total. The van der Waals surface area contributed by atoms with Gasteiger partial charge in [-0.1, -0.05) is 42.8 Å². The van der Waals surface area contributed by atoms with Gasteiger partial charge in [0.25, 0.3) is 0 Å². The molecule has 1 aliphatic rings. The van der Waals surface area contributed by atoms with Gasteiger partial charge in [-0.25, -0.2) is 4.79 Å². The number of nitrogens with one attached hydrogen (secondary N) is 2. The summed E-state index contributed by atoms with van der Waals surface area (Å²) in [6, 6.07) is 16.4. The monoisotopic (exact) mass is 308 g/mol. The molecule has 0 unspecified atom stereocenters. The molecule has 1 saturated carbocycles. The van der Waals surface area contributed by atoms with Crippen molar-refractivity contribution in [2.75, 3.05) is 11.9 Å². The van der Waals surface area contributed by atoms with Crippen LogP contribution in [0.2, 0.25) is 0 Å². The number of carbonyl (C=O) groups excluding carboxylic acids is 1. The molecule has 0 heterocycles. The average molecular weight is 308 g/mol. The van der Waals surface area contributed by atoms with Gasteiger partial charge in [-0.05, 0) is 55.5 Å². The van der Waals surface area contributed by atoms with E-state index >= 15 is 0 Å². The van der Waals surface area contributed by atoms with Crippen LogP contribution in [0.5, 0.6) is 0 Å². The van der Waals surface area contributed by atoms with E-state index in [0.717, 1.165) is 18.5 Å². The van der Waals surface area contributed by atoms with Crippen molar-refractivity contribution in [2.24, 2.45) is 0 Å². The standard InChI is InChI=1S/C20H24N2O/c1-15-9-10-18(13-16(15)2)22-19(23)21-14-20(11-6-12-20)17-7-4-3-5-8-17/h3-5,7-10,13H,6,11-12,14H2,1-2H3,(H2,21,22,23). The van der Waals surface area contributed by atoms with Crippen LogP contribution in [0.4, 0.5) is 10.5 Å². The second-order valence-electron chi connectivity index (χ2n) is 6.61. The Hall–Kier alpha value is -2.29. The number of hydrogen-bond donors (Lipinski definition) is 2. The summed E-state index contributed by atoms with van der Waals surface area (Å²) in [6.45, 7) is 4.81. The fraction of sp³-hybridized carbons (Fsp3) is 0.350. The maximum absolute atomic E-state index is 12.2. The van der Waals surface area contributed by atoms with E-state index in [2.05, 4.69) is 48.7 Å². The molecule has 2 aromatic carbocycles. The minimum atomic E-state index is -0.129. The molecule has 3 heteroatoms. The van der Waals surface area contributed by atoms with Gasteiger partial charge in [-0.3, -0.25) is 0 Å². The largest absolute Gasteiger partial charge is 0.337 e. The van der Waals surface area contributed by atoms with Crippen molar-refractivity contribution < 1.29 is 4.79 Å². The van der Waals surface area contributed by atoms with Crippen LogP contribution in [0.1, 0.15) is 36.0 Å². The molecule has 3 rings (SSSR count). The molecule has 0 aromatic heterocycles. The molecule has 0 spiro atoms. The van der Waals surface area contributed by atoms with E-state index in [4.69, 9.17) is 0 Å². The first-order valence-corrected chi connectivity index (χ1v) is 8.27. The SMILES string of the molecule is Cc1ccc(NC(=O)NCC2(c3ccccc3)CCC2)cc1C. The molecule has 23 heavy (non-hydrogen) atoms. The highest BCUT2D eigenvalue weighted by atomic mass is 16.2. The van der Waals surface area contributed by atoms with Crippen molar-refractivity contribution in [3.8, 4) is 0 Å². The summed E-state index contributed by atoms with van der Waals surface area (Å²) in [5, 5.41) is 5.99. The van der Waals surface area contributed by atoms with Gasteiger partial charge in [0.05, 0.1) is 0 Å². The van der Waals surface area contributed by atoms with Crippen molar-refractivity contribution in [1.82, 2.24) is 5.32 Å². The summed E-state index contributed by atoms with van der Waals surface area (Å²) >= 11 is 0. The van der Waals surface area contributed by atoms with E-state index in [1.807, 2.05) is 24.3 Å². The van der Waals surface area contributed by atoms with Crippen LogP contribution in [0.15, 0.2) is 48.5 Å². The first-order valence-electron chi connectivity index (χ1n) is 8.27. The number of carbonyl (C=O) groups is 1. The van der Waals surface area contributed by atoms with Gasteiger partial charge in [0.1, 0.15) is 0 Å². The predicted octanol–water partition coefficient (Wildman–Crippen LogP) is 4.55. The van der Waals surface area contributed by atoms with Crippen LogP contribution in [-0.2, 0) is 5.41 Å². The zero-order valence-corrected chi connectivity index (χ0v) is 13.9. The Morgan fingerprint density at radius 1 is 1.04 bits per heavy atom. The van der Waals surface area contributed by atoms with E-state index in [0.29, 0.717) is 6.54 Å². The third kappa shape index (κ3) is 3.39. The zero-order valence-electron chi connectivity index (χ0n) is 13.9. The number of hydrogen-bond acceptors (Lipinski definition) is 1. The molecule has 2 N–H and O–H groups in total. The van der Waals surface area contributed by atoms with Crippen molar-refractivity contribution >= 4 is 11.7 Å². The highest BCUT2D eigenvalue weighted by Crippen LogP contribution is 2.43. The highest BCUT2D eigenvalue weighted by molar-refractivity contribution is 5.89. The smallest absolute Gasteiger partial charge is 0.319 e. The number of rotatable bonds is 4. The zero-order chi connectivity index (χ0) is 16.3. The molecule has 2 aromatic rings. The lowest BCUT2D eigenvalue weighted by atomic mass is 9.64. The Balaban J connectivity index is 1.61. The minimum Gasteiger partial charge on any atom is -0.337 e. The number of urea groups is 1. The summed E-state index contributed by atoms with van der Waals surface area (Å²) in [7, 11) is 0. The number of benzene rings is 2. The van der Waals surface area contributed by atoms with Crippen molar-refractivity contribution in [2.45, 2.75) is 38.5 Å². The summed E-state index contributed by atoms with van der Waals surface area (Å²) in [4.78, 5) is 12.2. The number of aryl methyl sites for hydroxylation is 2. The summed E-state index contributed by atoms with van der Waals surface area (Å²) in [6.07, 6.45) is 3.51. The van der Waals surface area contributed by atoms with Crippen molar-refractivity contribution in [1.29, 1.82) is 0 Å². The molecular weight excluding hydrogens is 284 g/mol. The van der Waals surface area contributed by atoms with Crippen LogP contribution in [0.25, 0.3) is 0 Å². The van der Waals surface area contributed by atoms with Gasteiger partial charge in [0.15, 0.2) is 0 Å². The maximum Gasteiger partial charge on any atom is 0.319 e. The Morgan fingerprint density at radius 3 is 2.39 bits per heavy atom. The molecule has 0 atom stereocenters. The van der Waals surface area contributed by atoms with Crippen LogP contribution in [0, 0.1) is 13.8 Å². The first-order chi connectivity index (χ1) is 11.1.